The lowest BCUT2D eigenvalue weighted by atomic mass is 9.98. The van der Waals surface area contributed by atoms with Gasteiger partial charge in [0.1, 0.15) is 0 Å². The van der Waals surface area contributed by atoms with Crippen molar-refractivity contribution in [3.63, 3.8) is 0 Å². The van der Waals surface area contributed by atoms with Gasteiger partial charge in [0, 0.05) is 42.3 Å². The van der Waals surface area contributed by atoms with E-state index in [0.29, 0.717) is 0 Å². The van der Waals surface area contributed by atoms with Gasteiger partial charge in [-0.05, 0) is 23.4 Å². The number of fused-ring (bicyclic) bond motifs is 3. The van der Waals surface area contributed by atoms with Crippen molar-refractivity contribution in [1.82, 2.24) is 15.5 Å². The second-order valence-electron chi connectivity index (χ2n) is 5.71. The number of nitrogens with one attached hydrogen (secondary N) is 2. The van der Waals surface area contributed by atoms with Gasteiger partial charge in [-0.25, -0.2) is 0 Å². The molecule has 2 aromatic rings. The Hall–Kier alpha value is -1.43. The van der Waals surface area contributed by atoms with Crippen LogP contribution in [0.5, 0.6) is 0 Å². The fourth-order valence-electron chi connectivity index (χ4n) is 3.29. The molecule has 0 radical (unpaired) electrons. The predicted molar refractivity (Wildman–Crippen MR) is 85.6 cm³/mol. The number of benzene rings is 1. The summed E-state index contributed by atoms with van der Waals surface area (Å²) in [7, 11) is 0. The standard InChI is InChI=1S/C16H19N3OS/c20-16(19-7-5-17-6-8-19)13-9-12-11-3-1-2-4-14(11)21-15(12)10-18-13/h1-4,13,17-18H,5-10H2/t13-/m1/s1. The second kappa shape index (κ2) is 5.40. The fourth-order valence-corrected chi connectivity index (χ4v) is 4.47. The van der Waals surface area contributed by atoms with E-state index in [-0.39, 0.29) is 11.9 Å². The zero-order valence-corrected chi connectivity index (χ0v) is 12.7. The summed E-state index contributed by atoms with van der Waals surface area (Å²) >= 11 is 1.85. The first-order valence-corrected chi connectivity index (χ1v) is 8.37. The van der Waals surface area contributed by atoms with Gasteiger partial charge in [0.25, 0.3) is 0 Å². The maximum Gasteiger partial charge on any atom is 0.240 e. The van der Waals surface area contributed by atoms with Crippen LogP contribution in [0.25, 0.3) is 10.1 Å². The molecule has 0 unspecified atom stereocenters. The molecular weight excluding hydrogens is 282 g/mol. The maximum atomic E-state index is 12.7. The Labute approximate surface area is 128 Å². The van der Waals surface area contributed by atoms with Crippen molar-refractivity contribution >= 4 is 27.3 Å². The number of hydrogen-bond acceptors (Lipinski definition) is 4. The Bertz CT molecular complexity index is 675. The van der Waals surface area contributed by atoms with Crippen LogP contribution in [0.2, 0.25) is 0 Å². The first-order chi connectivity index (χ1) is 10.3. The highest BCUT2D eigenvalue weighted by atomic mass is 32.1. The zero-order chi connectivity index (χ0) is 14.2. The average molecular weight is 301 g/mol. The van der Waals surface area contributed by atoms with Crippen LogP contribution >= 0.6 is 11.3 Å². The number of piperazine rings is 1. The highest BCUT2D eigenvalue weighted by Gasteiger charge is 2.30. The lowest BCUT2D eigenvalue weighted by Crippen LogP contribution is -2.54. The Morgan fingerprint density at radius 1 is 1.24 bits per heavy atom. The molecule has 3 heterocycles. The Balaban J connectivity index is 1.59. The molecule has 110 valence electrons. The zero-order valence-electron chi connectivity index (χ0n) is 11.9. The van der Waals surface area contributed by atoms with Crippen LogP contribution in [0.1, 0.15) is 10.4 Å². The summed E-state index contributed by atoms with van der Waals surface area (Å²) in [6, 6.07) is 8.47. The Morgan fingerprint density at radius 2 is 2.05 bits per heavy atom. The minimum atomic E-state index is -0.0615. The van der Waals surface area contributed by atoms with Crippen molar-refractivity contribution < 1.29 is 4.79 Å². The third-order valence-electron chi connectivity index (χ3n) is 4.43. The molecule has 1 amide bonds. The molecule has 5 heteroatoms. The van der Waals surface area contributed by atoms with Gasteiger partial charge < -0.3 is 15.5 Å². The van der Waals surface area contributed by atoms with Gasteiger partial charge in [-0.2, -0.15) is 0 Å². The maximum absolute atomic E-state index is 12.7. The summed E-state index contributed by atoms with van der Waals surface area (Å²) in [4.78, 5) is 16.0. The lowest BCUT2D eigenvalue weighted by molar-refractivity contribution is -0.134. The summed E-state index contributed by atoms with van der Waals surface area (Å²) in [6.45, 7) is 4.29. The number of carbonyl (C=O) groups is 1. The first kappa shape index (κ1) is 13.2. The van der Waals surface area contributed by atoms with E-state index in [2.05, 4.69) is 34.9 Å². The molecule has 1 aromatic carbocycles. The molecule has 0 bridgehead atoms. The Kier molecular flexibility index (Phi) is 3.41. The topological polar surface area (TPSA) is 44.4 Å². The highest BCUT2D eigenvalue weighted by Crippen LogP contribution is 2.34. The van der Waals surface area contributed by atoms with Gasteiger partial charge in [0.15, 0.2) is 0 Å². The van der Waals surface area contributed by atoms with Crippen molar-refractivity contribution in [2.45, 2.75) is 19.0 Å². The van der Waals surface area contributed by atoms with E-state index in [1.807, 2.05) is 16.2 Å². The molecular formula is C16H19N3OS. The van der Waals surface area contributed by atoms with Gasteiger partial charge in [0.05, 0.1) is 6.04 Å². The largest absolute Gasteiger partial charge is 0.339 e. The van der Waals surface area contributed by atoms with Gasteiger partial charge >= 0.3 is 0 Å². The molecule has 1 atom stereocenters. The third-order valence-corrected chi connectivity index (χ3v) is 5.64. The normalized spacial score (nSPS) is 22.3. The van der Waals surface area contributed by atoms with E-state index < -0.39 is 0 Å². The van der Waals surface area contributed by atoms with E-state index >= 15 is 0 Å². The summed E-state index contributed by atoms with van der Waals surface area (Å²) in [6.07, 6.45) is 0.822. The average Bonchev–Trinajstić information content (AvgIpc) is 2.93. The minimum absolute atomic E-state index is 0.0615. The lowest BCUT2D eigenvalue weighted by Gasteiger charge is -2.32. The smallest absolute Gasteiger partial charge is 0.240 e. The van der Waals surface area contributed by atoms with Crippen molar-refractivity contribution in [2.24, 2.45) is 0 Å². The fraction of sp³-hybridized carbons (Fsp3) is 0.438. The van der Waals surface area contributed by atoms with Crippen LogP contribution in [0.4, 0.5) is 0 Å². The molecule has 4 nitrogen and oxygen atoms in total. The molecule has 21 heavy (non-hydrogen) atoms. The van der Waals surface area contributed by atoms with Gasteiger partial charge in [-0.15, -0.1) is 11.3 Å². The molecule has 1 saturated heterocycles. The number of rotatable bonds is 1. The van der Waals surface area contributed by atoms with E-state index in [4.69, 9.17) is 0 Å². The summed E-state index contributed by atoms with van der Waals surface area (Å²) in [5, 5.41) is 8.06. The van der Waals surface area contributed by atoms with Crippen LogP contribution in [0, 0.1) is 0 Å². The van der Waals surface area contributed by atoms with Crippen LogP contribution < -0.4 is 10.6 Å². The molecule has 2 aliphatic rings. The number of amides is 1. The monoisotopic (exact) mass is 301 g/mol. The quantitative estimate of drug-likeness (QED) is 0.836. The molecule has 0 saturated carbocycles. The molecule has 0 aliphatic carbocycles. The summed E-state index contributed by atoms with van der Waals surface area (Å²) in [5.41, 5.74) is 1.38. The van der Waals surface area contributed by atoms with Gasteiger partial charge in [-0.1, -0.05) is 18.2 Å². The molecule has 2 aliphatic heterocycles. The molecule has 2 N–H and O–H groups in total. The van der Waals surface area contributed by atoms with Gasteiger partial charge in [-0.3, -0.25) is 4.79 Å². The van der Waals surface area contributed by atoms with E-state index in [1.165, 1.54) is 20.5 Å². The minimum Gasteiger partial charge on any atom is -0.339 e. The summed E-state index contributed by atoms with van der Waals surface area (Å²) in [5.74, 6) is 0.262. The number of carbonyl (C=O) groups excluding carboxylic acids is 1. The van der Waals surface area contributed by atoms with Gasteiger partial charge in [0.2, 0.25) is 5.91 Å². The van der Waals surface area contributed by atoms with Crippen LogP contribution in [0.3, 0.4) is 0 Å². The Morgan fingerprint density at radius 3 is 2.90 bits per heavy atom. The number of thiophene rings is 1. The first-order valence-electron chi connectivity index (χ1n) is 7.55. The van der Waals surface area contributed by atoms with Crippen molar-refractivity contribution in [3.05, 3.63) is 34.7 Å². The van der Waals surface area contributed by atoms with E-state index in [9.17, 15) is 4.79 Å². The van der Waals surface area contributed by atoms with Crippen LogP contribution in [-0.2, 0) is 17.8 Å². The van der Waals surface area contributed by atoms with Crippen molar-refractivity contribution in [1.29, 1.82) is 0 Å². The van der Waals surface area contributed by atoms with E-state index in [1.54, 1.807) is 0 Å². The highest BCUT2D eigenvalue weighted by molar-refractivity contribution is 7.19. The molecule has 1 fully saturated rings. The molecule has 0 spiro atoms. The third kappa shape index (κ3) is 2.35. The van der Waals surface area contributed by atoms with Crippen molar-refractivity contribution in [3.8, 4) is 0 Å². The summed E-state index contributed by atoms with van der Waals surface area (Å²) < 4.78 is 1.33. The number of hydrogen-bond donors (Lipinski definition) is 2. The molecule has 1 aromatic heterocycles. The number of nitrogens with zero attached hydrogens (tertiary/aromatic N) is 1. The second-order valence-corrected chi connectivity index (χ2v) is 6.85. The SMILES string of the molecule is O=C([C@H]1Cc2c(sc3ccccc23)CN1)N1CCNCC1. The van der Waals surface area contributed by atoms with Crippen molar-refractivity contribution in [2.75, 3.05) is 26.2 Å². The molecule has 4 rings (SSSR count). The van der Waals surface area contributed by atoms with Crippen LogP contribution in [0.15, 0.2) is 24.3 Å². The predicted octanol–water partition coefficient (Wildman–Crippen LogP) is 1.35. The van der Waals surface area contributed by atoms with E-state index in [0.717, 1.165) is 39.1 Å². The van der Waals surface area contributed by atoms with Crippen LogP contribution in [-0.4, -0.2) is 43.0 Å².